The lowest BCUT2D eigenvalue weighted by Crippen LogP contribution is -2.53. The van der Waals surface area contributed by atoms with Crippen LogP contribution in [0.4, 0.5) is 5.69 Å². The Morgan fingerprint density at radius 1 is 1.15 bits per heavy atom. The number of primary amides is 1. The summed E-state index contributed by atoms with van der Waals surface area (Å²) in [7, 11) is 0. The maximum absolute atomic E-state index is 13.8. The Morgan fingerprint density at radius 2 is 1.90 bits per heavy atom. The fraction of sp³-hybridized carbons (Fsp3) is 0.400. The first-order valence-electron chi connectivity index (χ1n) is 13.4. The standard InChI is InChI=1S/C30H33N5O4/c1-18-13-21(9-10-22(18)26(31)36)32-27(37)24-14-30(11-12-30)17-35(24)28(38)29(2,39)16-34-15-20-8-7-19-5-3-4-6-23(19)25(20)33-34/h3-6,9-10,13,15,24,39H,7-8,11-12,14,16-17H2,1-2H3,(H2,31,36)(H,32,37)/t24-,29?/m1/s1. The summed E-state index contributed by atoms with van der Waals surface area (Å²) in [5.41, 5.74) is 9.51. The number of nitrogens with one attached hydrogen (secondary N) is 1. The highest BCUT2D eigenvalue weighted by molar-refractivity contribution is 6.00. The van der Waals surface area contributed by atoms with Crippen LogP contribution in [0.5, 0.6) is 0 Å². The number of carbonyl (C=O) groups is 3. The molecule has 2 heterocycles. The number of amides is 3. The topological polar surface area (TPSA) is 131 Å². The molecule has 2 aromatic carbocycles. The van der Waals surface area contributed by atoms with Crippen molar-refractivity contribution in [1.29, 1.82) is 0 Å². The van der Waals surface area contributed by atoms with Gasteiger partial charge in [0.15, 0.2) is 5.60 Å². The molecule has 1 aromatic heterocycles. The Kier molecular flexibility index (Phi) is 5.87. The Hall–Kier alpha value is -3.98. The van der Waals surface area contributed by atoms with Crippen LogP contribution in [-0.4, -0.2) is 55.7 Å². The average molecular weight is 528 g/mol. The summed E-state index contributed by atoms with van der Waals surface area (Å²) in [5, 5.41) is 19.1. The van der Waals surface area contributed by atoms with E-state index in [4.69, 9.17) is 10.8 Å². The van der Waals surface area contributed by atoms with E-state index in [1.807, 2.05) is 18.3 Å². The number of benzene rings is 2. The summed E-state index contributed by atoms with van der Waals surface area (Å²) < 4.78 is 1.66. The lowest BCUT2D eigenvalue weighted by atomic mass is 9.91. The van der Waals surface area contributed by atoms with Gasteiger partial charge in [0.1, 0.15) is 6.04 Å². The molecular weight excluding hydrogens is 494 g/mol. The Morgan fingerprint density at radius 3 is 2.62 bits per heavy atom. The van der Waals surface area contributed by atoms with E-state index in [1.54, 1.807) is 34.7 Å². The van der Waals surface area contributed by atoms with E-state index in [9.17, 15) is 19.5 Å². The van der Waals surface area contributed by atoms with Crippen LogP contribution in [0.1, 0.15) is 53.2 Å². The van der Waals surface area contributed by atoms with Gasteiger partial charge in [0, 0.05) is 29.6 Å². The van der Waals surface area contributed by atoms with Gasteiger partial charge in [0.05, 0.1) is 12.2 Å². The third-order valence-corrected chi connectivity index (χ3v) is 8.49. The van der Waals surface area contributed by atoms with Crippen molar-refractivity contribution >= 4 is 23.4 Å². The van der Waals surface area contributed by atoms with Gasteiger partial charge >= 0.3 is 0 Å². The monoisotopic (exact) mass is 527 g/mol. The Bertz CT molecular complexity index is 1500. The summed E-state index contributed by atoms with van der Waals surface area (Å²) in [6, 6.07) is 12.4. The number of aliphatic hydroxyl groups is 1. The molecule has 1 saturated heterocycles. The number of anilines is 1. The number of carbonyl (C=O) groups excluding carboxylic acids is 3. The van der Waals surface area contributed by atoms with Gasteiger partial charge in [-0.15, -0.1) is 0 Å². The van der Waals surface area contributed by atoms with Crippen LogP contribution in [0.3, 0.4) is 0 Å². The number of aromatic nitrogens is 2. The van der Waals surface area contributed by atoms with E-state index in [-0.39, 0.29) is 17.9 Å². The number of nitrogens with zero attached hydrogens (tertiary/aromatic N) is 3. The molecule has 202 valence electrons. The summed E-state index contributed by atoms with van der Waals surface area (Å²) in [4.78, 5) is 40.3. The summed E-state index contributed by atoms with van der Waals surface area (Å²) in [5.74, 6) is -1.31. The molecule has 2 atom stereocenters. The fourth-order valence-electron chi connectivity index (χ4n) is 6.17. The van der Waals surface area contributed by atoms with Crippen LogP contribution in [0.25, 0.3) is 11.3 Å². The molecule has 3 amide bonds. The van der Waals surface area contributed by atoms with E-state index in [2.05, 4.69) is 17.4 Å². The number of hydrogen-bond acceptors (Lipinski definition) is 5. The van der Waals surface area contributed by atoms with Gasteiger partial charge in [0.25, 0.3) is 5.91 Å². The minimum Gasteiger partial charge on any atom is -0.378 e. The van der Waals surface area contributed by atoms with Crippen LogP contribution >= 0.6 is 0 Å². The van der Waals surface area contributed by atoms with Gasteiger partial charge < -0.3 is 21.1 Å². The number of nitrogens with two attached hydrogens (primary N) is 1. The van der Waals surface area contributed by atoms with E-state index < -0.39 is 23.5 Å². The molecule has 9 heteroatoms. The average Bonchev–Trinajstić information content (AvgIpc) is 3.34. The summed E-state index contributed by atoms with van der Waals surface area (Å²) in [6.45, 7) is 3.70. The van der Waals surface area contributed by atoms with Crippen LogP contribution in [-0.2, 0) is 29.0 Å². The molecule has 1 saturated carbocycles. The number of hydrogen-bond donors (Lipinski definition) is 3. The summed E-state index contributed by atoms with van der Waals surface area (Å²) in [6.07, 6.45) is 6.19. The molecule has 1 unspecified atom stereocenters. The van der Waals surface area contributed by atoms with E-state index >= 15 is 0 Å². The van der Waals surface area contributed by atoms with Crippen molar-refractivity contribution in [2.24, 2.45) is 11.1 Å². The largest absolute Gasteiger partial charge is 0.378 e. The zero-order valence-corrected chi connectivity index (χ0v) is 22.2. The van der Waals surface area contributed by atoms with Crippen LogP contribution in [0.2, 0.25) is 0 Å². The first kappa shape index (κ1) is 25.3. The van der Waals surface area contributed by atoms with Gasteiger partial charge in [0.2, 0.25) is 11.8 Å². The number of fused-ring (bicyclic) bond motifs is 3. The lowest BCUT2D eigenvalue weighted by Gasteiger charge is -2.31. The normalized spacial score (nSPS) is 20.2. The maximum Gasteiger partial charge on any atom is 0.256 e. The Labute approximate surface area is 227 Å². The smallest absolute Gasteiger partial charge is 0.256 e. The van der Waals surface area contributed by atoms with Gasteiger partial charge in [-0.3, -0.25) is 19.1 Å². The van der Waals surface area contributed by atoms with Gasteiger partial charge in [-0.2, -0.15) is 5.10 Å². The van der Waals surface area contributed by atoms with Crippen molar-refractivity contribution in [3.8, 4) is 11.3 Å². The molecule has 2 aliphatic carbocycles. The molecule has 1 aliphatic heterocycles. The molecule has 0 radical (unpaired) electrons. The second-order valence-corrected chi connectivity index (χ2v) is 11.7. The second-order valence-electron chi connectivity index (χ2n) is 11.7. The van der Waals surface area contributed by atoms with E-state index in [0.29, 0.717) is 29.8 Å². The number of likely N-dealkylation sites (tertiary alicyclic amines) is 1. The van der Waals surface area contributed by atoms with Crippen molar-refractivity contribution in [3.05, 3.63) is 70.9 Å². The van der Waals surface area contributed by atoms with Crippen molar-refractivity contribution in [1.82, 2.24) is 14.7 Å². The SMILES string of the molecule is Cc1cc(NC(=O)[C@H]2CC3(CC3)CN2C(=O)C(C)(O)Cn2cc3c(n2)-c2ccccc2CC3)ccc1C(N)=O. The molecule has 1 spiro atoms. The molecule has 9 nitrogen and oxygen atoms in total. The number of aryl methyl sites for hydroxylation is 3. The minimum atomic E-state index is -1.74. The van der Waals surface area contributed by atoms with Crippen LogP contribution in [0.15, 0.2) is 48.7 Å². The molecular formula is C30H33N5O4. The molecule has 2 fully saturated rings. The molecule has 6 rings (SSSR count). The first-order valence-corrected chi connectivity index (χ1v) is 13.4. The summed E-state index contributed by atoms with van der Waals surface area (Å²) >= 11 is 0. The highest BCUT2D eigenvalue weighted by atomic mass is 16.3. The first-order chi connectivity index (χ1) is 18.6. The predicted octanol–water partition coefficient (Wildman–Crippen LogP) is 2.83. The minimum absolute atomic E-state index is 0.00733. The van der Waals surface area contributed by atoms with Crippen molar-refractivity contribution in [3.63, 3.8) is 0 Å². The van der Waals surface area contributed by atoms with Crippen molar-refractivity contribution < 1.29 is 19.5 Å². The lowest BCUT2D eigenvalue weighted by molar-refractivity contribution is -0.154. The highest BCUT2D eigenvalue weighted by Gasteiger charge is 2.57. The highest BCUT2D eigenvalue weighted by Crippen LogP contribution is 2.55. The maximum atomic E-state index is 13.8. The van der Waals surface area contributed by atoms with Crippen LogP contribution < -0.4 is 11.1 Å². The molecule has 4 N–H and O–H groups in total. The van der Waals surface area contributed by atoms with Gasteiger partial charge in [-0.25, -0.2) is 0 Å². The van der Waals surface area contributed by atoms with E-state index in [0.717, 1.165) is 42.5 Å². The third kappa shape index (κ3) is 4.61. The number of rotatable bonds is 6. The molecule has 3 aromatic rings. The van der Waals surface area contributed by atoms with Crippen molar-refractivity contribution in [2.45, 2.75) is 64.1 Å². The molecule has 39 heavy (non-hydrogen) atoms. The second kappa shape index (κ2) is 9.05. The van der Waals surface area contributed by atoms with Gasteiger partial charge in [-0.1, -0.05) is 24.3 Å². The molecule has 3 aliphatic rings. The zero-order valence-electron chi connectivity index (χ0n) is 22.2. The Balaban J connectivity index is 1.20. The van der Waals surface area contributed by atoms with E-state index in [1.165, 1.54) is 12.5 Å². The quantitative estimate of drug-likeness (QED) is 0.454. The third-order valence-electron chi connectivity index (χ3n) is 8.49. The zero-order chi connectivity index (χ0) is 27.5. The van der Waals surface area contributed by atoms with Crippen molar-refractivity contribution in [2.75, 3.05) is 11.9 Å². The molecule has 0 bridgehead atoms. The van der Waals surface area contributed by atoms with Crippen LogP contribution in [0, 0.1) is 12.3 Å². The fourth-order valence-corrected chi connectivity index (χ4v) is 6.17. The predicted molar refractivity (Wildman–Crippen MR) is 146 cm³/mol. The van der Waals surface area contributed by atoms with Gasteiger partial charge in [-0.05, 0) is 86.3 Å².